The fraction of sp³-hybridized carbons (Fsp3) is 0.238. The van der Waals surface area contributed by atoms with E-state index in [1.807, 2.05) is 24.3 Å². The minimum absolute atomic E-state index is 0.0128. The molecule has 0 aliphatic carbocycles. The Kier molecular flexibility index (Phi) is 6.40. The summed E-state index contributed by atoms with van der Waals surface area (Å²) in [6, 6.07) is 13.2. The van der Waals surface area contributed by atoms with Crippen LogP contribution >= 0.6 is 15.9 Å². The van der Waals surface area contributed by atoms with E-state index in [2.05, 4.69) is 21.2 Å². The summed E-state index contributed by atoms with van der Waals surface area (Å²) in [5.41, 5.74) is 1.39. The Morgan fingerprint density at radius 1 is 1.07 bits per heavy atom. The topological polar surface area (TPSA) is 49.4 Å². The average molecular weight is 431 g/mol. The maximum atomic E-state index is 12.9. The molecule has 1 aliphatic heterocycles. The first-order chi connectivity index (χ1) is 13.0. The third-order valence-corrected chi connectivity index (χ3v) is 5.28. The summed E-state index contributed by atoms with van der Waals surface area (Å²) in [7, 11) is 0. The Morgan fingerprint density at radius 2 is 1.74 bits per heavy atom. The highest BCUT2D eigenvalue weighted by Gasteiger charge is 2.23. The molecule has 0 bridgehead atoms. The van der Waals surface area contributed by atoms with Crippen molar-refractivity contribution < 1.29 is 14.0 Å². The molecule has 140 valence electrons. The molecular formula is C21H20BrFN2O2. The van der Waals surface area contributed by atoms with Gasteiger partial charge in [-0.2, -0.15) is 0 Å². The zero-order chi connectivity index (χ0) is 19.2. The van der Waals surface area contributed by atoms with Gasteiger partial charge in [0.15, 0.2) is 0 Å². The molecule has 1 saturated heterocycles. The number of likely N-dealkylation sites (tertiary alicyclic amines) is 1. The van der Waals surface area contributed by atoms with Gasteiger partial charge in [0.05, 0.1) is 0 Å². The van der Waals surface area contributed by atoms with Gasteiger partial charge in [-0.3, -0.25) is 9.59 Å². The summed E-state index contributed by atoms with van der Waals surface area (Å²) in [5.74, 6) is -0.614. The third-order valence-electron chi connectivity index (χ3n) is 4.56. The van der Waals surface area contributed by atoms with Crippen LogP contribution in [0.1, 0.15) is 28.8 Å². The van der Waals surface area contributed by atoms with Crippen LogP contribution in [-0.4, -0.2) is 35.8 Å². The fourth-order valence-corrected chi connectivity index (χ4v) is 3.41. The summed E-state index contributed by atoms with van der Waals surface area (Å²) >= 11 is 3.46. The van der Waals surface area contributed by atoms with Crippen molar-refractivity contribution in [2.45, 2.75) is 18.9 Å². The molecule has 2 amide bonds. The number of benzene rings is 2. The van der Waals surface area contributed by atoms with Crippen molar-refractivity contribution in [1.29, 1.82) is 0 Å². The molecule has 1 fully saturated rings. The van der Waals surface area contributed by atoms with Crippen LogP contribution < -0.4 is 5.32 Å². The first-order valence-electron chi connectivity index (χ1n) is 8.81. The van der Waals surface area contributed by atoms with Gasteiger partial charge in [-0.15, -0.1) is 0 Å². The molecular weight excluding hydrogens is 411 g/mol. The van der Waals surface area contributed by atoms with Gasteiger partial charge in [0.1, 0.15) is 5.82 Å². The highest BCUT2D eigenvalue weighted by Crippen LogP contribution is 2.18. The minimum Gasteiger partial charge on any atom is -0.349 e. The van der Waals surface area contributed by atoms with Crippen LogP contribution in [0.2, 0.25) is 0 Å². The summed E-state index contributed by atoms with van der Waals surface area (Å²) < 4.78 is 13.9. The largest absolute Gasteiger partial charge is 0.349 e. The summed E-state index contributed by atoms with van der Waals surface area (Å²) in [4.78, 5) is 26.4. The van der Waals surface area contributed by atoms with E-state index in [-0.39, 0.29) is 23.7 Å². The van der Waals surface area contributed by atoms with Crippen LogP contribution in [0.4, 0.5) is 4.39 Å². The van der Waals surface area contributed by atoms with Gasteiger partial charge in [0.2, 0.25) is 5.91 Å². The van der Waals surface area contributed by atoms with E-state index in [1.54, 1.807) is 17.1 Å². The molecule has 27 heavy (non-hydrogen) atoms. The lowest BCUT2D eigenvalue weighted by molar-refractivity contribution is -0.126. The molecule has 4 nitrogen and oxygen atoms in total. The quantitative estimate of drug-likeness (QED) is 0.744. The van der Waals surface area contributed by atoms with E-state index in [9.17, 15) is 14.0 Å². The molecule has 2 aromatic rings. The molecule has 0 unspecified atom stereocenters. The van der Waals surface area contributed by atoms with Crippen molar-refractivity contribution >= 4 is 33.8 Å². The number of hydrogen-bond donors (Lipinski definition) is 1. The number of hydrogen-bond acceptors (Lipinski definition) is 2. The van der Waals surface area contributed by atoms with Crippen LogP contribution in [-0.2, 0) is 4.79 Å². The Hall–Kier alpha value is -2.47. The number of amides is 2. The fourth-order valence-electron chi connectivity index (χ4n) is 2.99. The average Bonchev–Trinajstić information content (AvgIpc) is 2.68. The lowest BCUT2D eigenvalue weighted by Crippen LogP contribution is -2.46. The maximum Gasteiger partial charge on any atom is 0.251 e. The molecule has 3 rings (SSSR count). The van der Waals surface area contributed by atoms with E-state index >= 15 is 0 Å². The molecule has 1 aliphatic rings. The van der Waals surface area contributed by atoms with Gasteiger partial charge in [-0.1, -0.05) is 34.1 Å². The van der Waals surface area contributed by atoms with Crippen molar-refractivity contribution in [3.05, 3.63) is 76.0 Å². The van der Waals surface area contributed by atoms with E-state index in [0.717, 1.165) is 10.0 Å². The smallest absolute Gasteiger partial charge is 0.251 e. The molecule has 2 aromatic carbocycles. The van der Waals surface area contributed by atoms with Gasteiger partial charge in [-0.25, -0.2) is 4.39 Å². The normalized spacial score (nSPS) is 15.1. The molecule has 6 heteroatoms. The van der Waals surface area contributed by atoms with Crippen molar-refractivity contribution in [2.24, 2.45) is 0 Å². The number of nitrogens with zero attached hydrogens (tertiary/aromatic N) is 1. The lowest BCUT2D eigenvalue weighted by Gasteiger charge is -2.31. The van der Waals surface area contributed by atoms with Crippen LogP contribution in [0, 0.1) is 5.82 Å². The Labute approximate surface area is 166 Å². The van der Waals surface area contributed by atoms with Gasteiger partial charge in [0, 0.05) is 35.2 Å². The maximum absolute atomic E-state index is 12.9. The van der Waals surface area contributed by atoms with Gasteiger partial charge in [0.25, 0.3) is 5.91 Å². The standard InChI is InChI=1S/C21H20BrFN2O2/c22-19-4-2-1-3-15(19)7-10-20(26)25-13-11-18(12-14-25)24-21(27)16-5-8-17(23)9-6-16/h1-10,18H,11-14H2,(H,24,27)/b10-7+. The van der Waals surface area contributed by atoms with Crippen LogP contribution in [0.5, 0.6) is 0 Å². The zero-order valence-electron chi connectivity index (χ0n) is 14.7. The molecule has 1 heterocycles. The van der Waals surface area contributed by atoms with Gasteiger partial charge < -0.3 is 10.2 Å². The number of nitrogens with one attached hydrogen (secondary N) is 1. The number of carbonyl (C=O) groups excluding carboxylic acids is 2. The van der Waals surface area contributed by atoms with Crippen LogP contribution in [0.25, 0.3) is 6.08 Å². The summed E-state index contributed by atoms with van der Waals surface area (Å²) in [5, 5.41) is 2.96. The zero-order valence-corrected chi connectivity index (χ0v) is 16.3. The van der Waals surface area contributed by atoms with E-state index in [4.69, 9.17) is 0 Å². The van der Waals surface area contributed by atoms with E-state index in [0.29, 0.717) is 31.5 Å². The second kappa shape index (κ2) is 8.95. The van der Waals surface area contributed by atoms with Gasteiger partial charge in [-0.05, 0) is 54.8 Å². The second-order valence-electron chi connectivity index (χ2n) is 6.43. The Morgan fingerprint density at radius 3 is 2.41 bits per heavy atom. The molecule has 1 N–H and O–H groups in total. The number of rotatable bonds is 4. The summed E-state index contributed by atoms with van der Waals surface area (Å²) in [6.45, 7) is 1.18. The molecule has 0 aromatic heterocycles. The van der Waals surface area contributed by atoms with Crippen LogP contribution in [0.15, 0.2) is 59.1 Å². The number of carbonyl (C=O) groups is 2. The minimum atomic E-state index is -0.367. The van der Waals surface area contributed by atoms with Crippen LogP contribution in [0.3, 0.4) is 0 Å². The molecule has 0 spiro atoms. The van der Waals surface area contributed by atoms with Crippen molar-refractivity contribution in [1.82, 2.24) is 10.2 Å². The third kappa shape index (κ3) is 5.26. The predicted molar refractivity (Wildman–Crippen MR) is 107 cm³/mol. The molecule has 0 atom stereocenters. The second-order valence-corrected chi connectivity index (χ2v) is 7.29. The van der Waals surface area contributed by atoms with Crippen molar-refractivity contribution in [3.63, 3.8) is 0 Å². The molecule has 0 radical (unpaired) electrons. The SMILES string of the molecule is O=C(NC1CCN(C(=O)/C=C/c2ccccc2Br)CC1)c1ccc(F)cc1. The number of piperidine rings is 1. The Bertz CT molecular complexity index is 844. The molecule has 0 saturated carbocycles. The lowest BCUT2D eigenvalue weighted by atomic mass is 10.0. The Balaban J connectivity index is 1.49. The highest BCUT2D eigenvalue weighted by atomic mass is 79.9. The first kappa shape index (κ1) is 19.3. The first-order valence-corrected chi connectivity index (χ1v) is 9.60. The number of halogens is 2. The van der Waals surface area contributed by atoms with E-state index in [1.165, 1.54) is 24.3 Å². The van der Waals surface area contributed by atoms with E-state index < -0.39 is 0 Å². The van der Waals surface area contributed by atoms with Crippen molar-refractivity contribution in [2.75, 3.05) is 13.1 Å². The van der Waals surface area contributed by atoms with Crippen molar-refractivity contribution in [3.8, 4) is 0 Å². The predicted octanol–water partition coefficient (Wildman–Crippen LogP) is 4.02. The summed E-state index contributed by atoms with van der Waals surface area (Å²) in [6.07, 6.45) is 4.77. The monoisotopic (exact) mass is 430 g/mol. The van der Waals surface area contributed by atoms with Gasteiger partial charge >= 0.3 is 0 Å². The highest BCUT2D eigenvalue weighted by molar-refractivity contribution is 9.10.